The van der Waals surface area contributed by atoms with E-state index >= 15 is 0 Å². The Kier molecular flexibility index (Phi) is 3.97. The molecule has 0 unspecified atom stereocenters. The van der Waals surface area contributed by atoms with Gasteiger partial charge in [-0.05, 0) is 22.0 Å². The van der Waals surface area contributed by atoms with Gasteiger partial charge in [0.15, 0.2) is 0 Å². The van der Waals surface area contributed by atoms with Crippen LogP contribution in [-0.2, 0) is 6.42 Å². The molecule has 0 spiro atoms. The number of methoxy groups -OCH3 is 1. The Morgan fingerprint density at radius 1 is 1.67 bits per heavy atom. The molecular weight excluding hydrogens is 270 g/mol. The first kappa shape index (κ1) is 11.9. The average molecular weight is 277 g/mol. The summed E-state index contributed by atoms with van der Waals surface area (Å²) in [5.41, 5.74) is -0.153. The van der Waals surface area contributed by atoms with Gasteiger partial charge in [-0.2, -0.15) is 5.26 Å². The second kappa shape index (κ2) is 5.03. The second-order valence-electron chi connectivity index (χ2n) is 2.64. The van der Waals surface area contributed by atoms with Gasteiger partial charge in [0.1, 0.15) is 11.4 Å². The molecular formula is C9H7BrF2N2O. The number of nitrogens with zero attached hydrogens (tertiary/aromatic N) is 2. The summed E-state index contributed by atoms with van der Waals surface area (Å²) in [6.45, 7) is 0. The van der Waals surface area contributed by atoms with Crippen molar-refractivity contribution in [2.45, 2.75) is 12.8 Å². The first-order valence-electron chi connectivity index (χ1n) is 3.98. The van der Waals surface area contributed by atoms with E-state index in [4.69, 9.17) is 10.00 Å². The zero-order chi connectivity index (χ0) is 11.4. The van der Waals surface area contributed by atoms with E-state index in [1.807, 2.05) is 6.07 Å². The average Bonchev–Trinajstić information content (AvgIpc) is 2.20. The number of pyridine rings is 1. The SMILES string of the molecule is COc1cc(Br)c(C(F)F)nc1CC#N. The third kappa shape index (κ3) is 2.63. The minimum atomic E-state index is -2.68. The molecule has 0 aliphatic rings. The maximum atomic E-state index is 12.5. The van der Waals surface area contributed by atoms with Crippen molar-refractivity contribution < 1.29 is 13.5 Å². The van der Waals surface area contributed by atoms with Crippen LogP contribution < -0.4 is 4.74 Å². The maximum Gasteiger partial charge on any atom is 0.281 e. The third-order valence-electron chi connectivity index (χ3n) is 1.72. The Morgan fingerprint density at radius 3 is 2.80 bits per heavy atom. The molecule has 0 radical (unpaired) electrons. The van der Waals surface area contributed by atoms with Gasteiger partial charge in [0.2, 0.25) is 0 Å². The Bertz CT molecular complexity index is 404. The van der Waals surface area contributed by atoms with Crippen molar-refractivity contribution >= 4 is 15.9 Å². The molecule has 0 saturated heterocycles. The van der Waals surface area contributed by atoms with E-state index in [0.29, 0.717) is 5.75 Å². The van der Waals surface area contributed by atoms with Crippen LogP contribution in [0.2, 0.25) is 0 Å². The molecule has 0 fully saturated rings. The Morgan fingerprint density at radius 2 is 2.33 bits per heavy atom. The number of rotatable bonds is 3. The molecule has 0 atom stereocenters. The van der Waals surface area contributed by atoms with Crippen LogP contribution in [0, 0.1) is 11.3 Å². The zero-order valence-electron chi connectivity index (χ0n) is 7.80. The van der Waals surface area contributed by atoms with E-state index in [0.717, 1.165) is 0 Å². The lowest BCUT2D eigenvalue weighted by molar-refractivity contribution is 0.144. The van der Waals surface area contributed by atoms with Crippen LogP contribution in [0.25, 0.3) is 0 Å². The molecule has 0 aliphatic heterocycles. The van der Waals surface area contributed by atoms with Gasteiger partial charge in [-0.1, -0.05) is 0 Å². The highest BCUT2D eigenvalue weighted by Crippen LogP contribution is 2.30. The topological polar surface area (TPSA) is 45.9 Å². The van der Waals surface area contributed by atoms with Crippen LogP contribution >= 0.6 is 15.9 Å². The largest absolute Gasteiger partial charge is 0.495 e. The predicted molar refractivity (Wildman–Crippen MR) is 52.8 cm³/mol. The lowest BCUT2D eigenvalue weighted by Crippen LogP contribution is -2.01. The van der Waals surface area contributed by atoms with Gasteiger partial charge in [-0.3, -0.25) is 0 Å². The molecule has 1 rings (SSSR count). The number of alkyl halides is 2. The van der Waals surface area contributed by atoms with Crippen LogP contribution in [-0.4, -0.2) is 12.1 Å². The molecule has 0 N–H and O–H groups in total. The monoisotopic (exact) mass is 276 g/mol. The molecule has 80 valence electrons. The number of halogens is 3. The Balaban J connectivity index is 3.25. The standard InChI is InChI=1S/C9H7BrF2N2O/c1-15-7-4-5(10)8(9(11)12)14-6(7)2-3-13/h4,9H,2H2,1H3. The lowest BCUT2D eigenvalue weighted by Gasteiger charge is -2.09. The summed E-state index contributed by atoms with van der Waals surface area (Å²) in [5, 5.41) is 8.49. The first-order chi connectivity index (χ1) is 7.10. The smallest absolute Gasteiger partial charge is 0.281 e. The highest BCUT2D eigenvalue weighted by atomic mass is 79.9. The molecule has 0 amide bonds. The van der Waals surface area contributed by atoms with Gasteiger partial charge in [-0.15, -0.1) is 0 Å². The molecule has 0 aliphatic carbocycles. The van der Waals surface area contributed by atoms with E-state index < -0.39 is 6.43 Å². The van der Waals surface area contributed by atoms with E-state index in [9.17, 15) is 8.78 Å². The summed E-state index contributed by atoms with van der Waals surface area (Å²) < 4.78 is 30.0. The number of ether oxygens (including phenoxy) is 1. The van der Waals surface area contributed by atoms with Gasteiger partial charge in [-0.25, -0.2) is 13.8 Å². The lowest BCUT2D eigenvalue weighted by atomic mass is 10.2. The first-order valence-corrected chi connectivity index (χ1v) is 4.77. The van der Waals surface area contributed by atoms with Gasteiger partial charge in [0.05, 0.1) is 25.3 Å². The number of aromatic nitrogens is 1. The molecule has 3 nitrogen and oxygen atoms in total. The quantitative estimate of drug-likeness (QED) is 0.853. The third-order valence-corrected chi connectivity index (χ3v) is 2.35. The molecule has 0 saturated carbocycles. The predicted octanol–water partition coefficient (Wildman–Crippen LogP) is 2.86. The fourth-order valence-electron chi connectivity index (χ4n) is 1.06. The van der Waals surface area contributed by atoms with E-state index in [-0.39, 0.29) is 22.3 Å². The van der Waals surface area contributed by atoms with Crippen LogP contribution in [0.5, 0.6) is 5.75 Å². The molecule has 6 heteroatoms. The van der Waals surface area contributed by atoms with Crippen molar-refractivity contribution in [2.24, 2.45) is 0 Å². The normalized spacial score (nSPS) is 10.1. The van der Waals surface area contributed by atoms with Crippen molar-refractivity contribution in [2.75, 3.05) is 7.11 Å². The van der Waals surface area contributed by atoms with Crippen LogP contribution in [0.3, 0.4) is 0 Å². The summed E-state index contributed by atoms with van der Waals surface area (Å²) in [7, 11) is 1.40. The van der Waals surface area contributed by atoms with Gasteiger partial charge >= 0.3 is 0 Å². The van der Waals surface area contributed by atoms with E-state index in [2.05, 4.69) is 20.9 Å². The summed E-state index contributed by atoms with van der Waals surface area (Å²) in [5.74, 6) is 0.327. The number of hydrogen-bond acceptors (Lipinski definition) is 3. The van der Waals surface area contributed by atoms with E-state index in [1.165, 1.54) is 13.2 Å². The number of hydrogen-bond donors (Lipinski definition) is 0. The van der Waals surface area contributed by atoms with Crippen LogP contribution in [0.15, 0.2) is 10.5 Å². The van der Waals surface area contributed by atoms with Gasteiger partial charge in [0.25, 0.3) is 6.43 Å². The number of nitriles is 1. The zero-order valence-corrected chi connectivity index (χ0v) is 9.38. The summed E-state index contributed by atoms with van der Waals surface area (Å²) in [6, 6.07) is 3.23. The van der Waals surface area contributed by atoms with Gasteiger partial charge in [0, 0.05) is 4.47 Å². The molecule has 1 heterocycles. The Labute approximate surface area is 93.8 Å². The molecule has 1 aromatic rings. The highest BCUT2D eigenvalue weighted by molar-refractivity contribution is 9.10. The van der Waals surface area contributed by atoms with Crippen molar-refractivity contribution in [1.29, 1.82) is 5.26 Å². The van der Waals surface area contributed by atoms with Crippen LogP contribution in [0.1, 0.15) is 17.8 Å². The van der Waals surface area contributed by atoms with Crippen molar-refractivity contribution in [3.63, 3.8) is 0 Å². The molecule has 0 bridgehead atoms. The molecule has 1 aromatic heterocycles. The second-order valence-corrected chi connectivity index (χ2v) is 3.49. The summed E-state index contributed by atoms with van der Waals surface area (Å²) >= 11 is 2.97. The van der Waals surface area contributed by atoms with Crippen LogP contribution in [0.4, 0.5) is 8.78 Å². The highest BCUT2D eigenvalue weighted by Gasteiger charge is 2.17. The molecule has 15 heavy (non-hydrogen) atoms. The van der Waals surface area contributed by atoms with Crippen molar-refractivity contribution in [3.8, 4) is 11.8 Å². The van der Waals surface area contributed by atoms with E-state index in [1.54, 1.807) is 0 Å². The summed E-state index contributed by atoms with van der Waals surface area (Å²) in [6.07, 6.45) is -2.74. The van der Waals surface area contributed by atoms with Crippen molar-refractivity contribution in [3.05, 3.63) is 21.9 Å². The summed E-state index contributed by atoms with van der Waals surface area (Å²) in [4.78, 5) is 3.69. The fourth-order valence-corrected chi connectivity index (χ4v) is 1.53. The molecule has 0 aromatic carbocycles. The Hall–Kier alpha value is -1.22. The maximum absolute atomic E-state index is 12.5. The minimum Gasteiger partial charge on any atom is -0.495 e. The minimum absolute atomic E-state index is 0.0594. The fraction of sp³-hybridized carbons (Fsp3) is 0.333. The van der Waals surface area contributed by atoms with Gasteiger partial charge < -0.3 is 4.74 Å². The van der Waals surface area contributed by atoms with Crippen molar-refractivity contribution in [1.82, 2.24) is 4.98 Å².